The van der Waals surface area contributed by atoms with Crippen LogP contribution in [0.5, 0.6) is 0 Å². The molecule has 0 N–H and O–H groups in total. The lowest BCUT2D eigenvalue weighted by Crippen LogP contribution is -2.38. The van der Waals surface area contributed by atoms with Crippen molar-refractivity contribution in [1.29, 1.82) is 0 Å². The molecule has 0 unspecified atom stereocenters. The third kappa shape index (κ3) is 2.92. The molecule has 0 radical (unpaired) electrons. The second-order valence-electron chi connectivity index (χ2n) is 6.68. The molecule has 110 valence electrons. The number of hydrogen-bond acceptors (Lipinski definition) is 1. The molecule has 0 fully saturated rings. The number of unbranched alkanes of at least 4 members (excludes halogenated alkanes) is 2. The fourth-order valence-electron chi connectivity index (χ4n) is 3.09. The molecule has 1 aromatic carbocycles. The van der Waals surface area contributed by atoms with E-state index in [9.17, 15) is 0 Å². The molecule has 0 amide bonds. The Morgan fingerprint density at radius 2 is 1.95 bits per heavy atom. The first-order valence-electron chi connectivity index (χ1n) is 8.08. The van der Waals surface area contributed by atoms with Gasteiger partial charge in [0.25, 0.3) is 0 Å². The first-order valence-corrected chi connectivity index (χ1v) is 8.08. The maximum Gasteiger partial charge on any atom is 0.0443 e. The summed E-state index contributed by atoms with van der Waals surface area (Å²) in [5, 5.41) is 0. The van der Waals surface area contributed by atoms with Gasteiger partial charge in [-0.1, -0.05) is 59.2 Å². The number of anilines is 1. The van der Waals surface area contributed by atoms with Crippen molar-refractivity contribution in [2.24, 2.45) is 5.41 Å². The van der Waals surface area contributed by atoms with E-state index in [-0.39, 0.29) is 5.41 Å². The summed E-state index contributed by atoms with van der Waals surface area (Å²) >= 11 is 0. The van der Waals surface area contributed by atoms with Crippen molar-refractivity contribution in [3.05, 3.63) is 41.6 Å². The quantitative estimate of drug-likeness (QED) is 0.653. The zero-order valence-electron chi connectivity index (χ0n) is 13.6. The topological polar surface area (TPSA) is 3.24 Å². The molecule has 0 bridgehead atoms. The number of fused-ring (bicyclic) bond motifs is 1. The predicted octanol–water partition coefficient (Wildman–Crippen LogP) is 5.34. The van der Waals surface area contributed by atoms with Crippen LogP contribution in [-0.2, 0) is 12.8 Å². The van der Waals surface area contributed by atoms with E-state index in [1.54, 1.807) is 0 Å². The minimum Gasteiger partial charge on any atom is -0.345 e. The second kappa shape index (κ2) is 6.03. The number of rotatable bonds is 5. The summed E-state index contributed by atoms with van der Waals surface area (Å²) < 4.78 is 0. The van der Waals surface area contributed by atoms with Gasteiger partial charge in [0.05, 0.1) is 0 Å². The van der Waals surface area contributed by atoms with Crippen molar-refractivity contribution >= 4 is 5.69 Å². The van der Waals surface area contributed by atoms with Crippen molar-refractivity contribution in [3.8, 4) is 0 Å². The van der Waals surface area contributed by atoms with Gasteiger partial charge in [-0.15, -0.1) is 0 Å². The SMILES string of the molecule is C=C1N(CCCCC)c2cc(CC)ccc2CC1(C)C. The van der Waals surface area contributed by atoms with E-state index in [4.69, 9.17) is 0 Å². The van der Waals surface area contributed by atoms with Gasteiger partial charge in [-0.25, -0.2) is 0 Å². The Bertz CT molecular complexity index is 485. The number of aryl methyl sites for hydroxylation is 1. The van der Waals surface area contributed by atoms with Crippen molar-refractivity contribution in [1.82, 2.24) is 0 Å². The van der Waals surface area contributed by atoms with Crippen LogP contribution in [0.2, 0.25) is 0 Å². The van der Waals surface area contributed by atoms with Crippen molar-refractivity contribution < 1.29 is 0 Å². The fraction of sp³-hybridized carbons (Fsp3) is 0.579. The standard InChI is InChI=1S/C19H29N/c1-6-8-9-12-20-15(3)19(4,5)14-17-11-10-16(7-2)13-18(17)20/h10-11,13H,3,6-9,12,14H2,1-2,4-5H3. The van der Waals surface area contributed by atoms with E-state index in [0.29, 0.717) is 0 Å². The molecule has 1 aromatic rings. The van der Waals surface area contributed by atoms with Gasteiger partial charge >= 0.3 is 0 Å². The Morgan fingerprint density at radius 1 is 1.20 bits per heavy atom. The van der Waals surface area contributed by atoms with E-state index < -0.39 is 0 Å². The molecule has 1 aliphatic rings. The predicted molar refractivity (Wildman–Crippen MR) is 89.3 cm³/mol. The lowest BCUT2D eigenvalue weighted by atomic mass is 9.78. The average Bonchev–Trinajstić information content (AvgIpc) is 2.42. The number of benzene rings is 1. The highest BCUT2D eigenvalue weighted by molar-refractivity contribution is 5.63. The van der Waals surface area contributed by atoms with Crippen LogP contribution in [-0.4, -0.2) is 6.54 Å². The number of hydrogen-bond donors (Lipinski definition) is 0. The Hall–Kier alpha value is -1.24. The second-order valence-corrected chi connectivity index (χ2v) is 6.68. The highest BCUT2D eigenvalue weighted by Crippen LogP contribution is 2.43. The number of allylic oxidation sites excluding steroid dienone is 1. The van der Waals surface area contributed by atoms with Crippen LogP contribution in [0, 0.1) is 5.41 Å². The normalized spacial score (nSPS) is 17.2. The van der Waals surface area contributed by atoms with E-state index >= 15 is 0 Å². The molecule has 1 heterocycles. The Labute approximate surface area is 124 Å². The van der Waals surface area contributed by atoms with E-state index in [2.05, 4.69) is 57.4 Å². The minimum absolute atomic E-state index is 0.174. The summed E-state index contributed by atoms with van der Waals surface area (Å²) in [6.07, 6.45) is 6.03. The summed E-state index contributed by atoms with van der Waals surface area (Å²) in [6.45, 7) is 14.6. The number of nitrogens with zero attached hydrogens (tertiary/aromatic N) is 1. The van der Waals surface area contributed by atoms with Gasteiger partial charge in [0.1, 0.15) is 0 Å². The van der Waals surface area contributed by atoms with Crippen molar-refractivity contribution in [3.63, 3.8) is 0 Å². The van der Waals surface area contributed by atoms with Crippen LogP contribution in [0.1, 0.15) is 58.1 Å². The minimum atomic E-state index is 0.174. The van der Waals surface area contributed by atoms with Gasteiger partial charge in [0, 0.05) is 23.3 Å². The van der Waals surface area contributed by atoms with Gasteiger partial charge < -0.3 is 4.90 Å². The summed E-state index contributed by atoms with van der Waals surface area (Å²) in [6, 6.07) is 6.99. The monoisotopic (exact) mass is 271 g/mol. The van der Waals surface area contributed by atoms with Crippen molar-refractivity contribution in [2.45, 2.75) is 59.8 Å². The van der Waals surface area contributed by atoms with Gasteiger partial charge in [0.2, 0.25) is 0 Å². The van der Waals surface area contributed by atoms with Crippen LogP contribution in [0.4, 0.5) is 5.69 Å². The highest BCUT2D eigenvalue weighted by atomic mass is 15.2. The average molecular weight is 271 g/mol. The maximum absolute atomic E-state index is 4.41. The molecule has 0 aliphatic carbocycles. The first kappa shape index (κ1) is 15.2. The third-order valence-electron chi connectivity index (χ3n) is 4.57. The highest BCUT2D eigenvalue weighted by Gasteiger charge is 2.33. The Morgan fingerprint density at radius 3 is 2.60 bits per heavy atom. The van der Waals surface area contributed by atoms with Crippen LogP contribution in [0.25, 0.3) is 0 Å². The van der Waals surface area contributed by atoms with Crippen LogP contribution in [0.3, 0.4) is 0 Å². The molecule has 1 nitrogen and oxygen atoms in total. The largest absolute Gasteiger partial charge is 0.345 e. The summed E-state index contributed by atoms with van der Waals surface area (Å²) in [7, 11) is 0. The van der Waals surface area contributed by atoms with Gasteiger partial charge in [0.15, 0.2) is 0 Å². The van der Waals surface area contributed by atoms with E-state index in [1.165, 1.54) is 41.8 Å². The molecule has 0 aromatic heterocycles. The molecular formula is C19H29N. The molecule has 0 atom stereocenters. The van der Waals surface area contributed by atoms with Gasteiger partial charge in [-0.2, -0.15) is 0 Å². The molecule has 2 rings (SSSR count). The summed E-state index contributed by atoms with van der Waals surface area (Å²) in [5.74, 6) is 0. The van der Waals surface area contributed by atoms with Crippen molar-refractivity contribution in [2.75, 3.05) is 11.4 Å². The molecule has 1 heteroatoms. The smallest absolute Gasteiger partial charge is 0.0443 e. The van der Waals surface area contributed by atoms with Crippen LogP contribution < -0.4 is 4.90 Å². The lowest BCUT2D eigenvalue weighted by molar-refractivity contribution is 0.413. The van der Waals surface area contributed by atoms with E-state index in [0.717, 1.165) is 19.4 Å². The lowest BCUT2D eigenvalue weighted by Gasteiger charge is -2.43. The van der Waals surface area contributed by atoms with Crippen LogP contribution in [0.15, 0.2) is 30.5 Å². The molecule has 1 aliphatic heterocycles. The molecule has 0 saturated heterocycles. The molecule has 20 heavy (non-hydrogen) atoms. The Kier molecular flexibility index (Phi) is 4.57. The summed E-state index contributed by atoms with van der Waals surface area (Å²) in [5.41, 5.74) is 5.78. The van der Waals surface area contributed by atoms with Gasteiger partial charge in [-0.05, 0) is 36.5 Å². The zero-order chi connectivity index (χ0) is 14.8. The molecule has 0 spiro atoms. The molecular weight excluding hydrogens is 242 g/mol. The van der Waals surface area contributed by atoms with Crippen LogP contribution >= 0.6 is 0 Å². The van der Waals surface area contributed by atoms with Gasteiger partial charge in [-0.3, -0.25) is 0 Å². The summed E-state index contributed by atoms with van der Waals surface area (Å²) in [4.78, 5) is 2.48. The fourth-order valence-corrected chi connectivity index (χ4v) is 3.09. The zero-order valence-corrected chi connectivity index (χ0v) is 13.6. The van der Waals surface area contributed by atoms with E-state index in [1.807, 2.05) is 0 Å². The maximum atomic E-state index is 4.41. The third-order valence-corrected chi connectivity index (χ3v) is 4.57. The first-order chi connectivity index (χ1) is 9.49. The molecule has 0 saturated carbocycles. The Balaban J connectivity index is 2.35.